The highest BCUT2D eigenvalue weighted by Crippen LogP contribution is 2.24. The SMILES string of the molecule is CC1CCN(c2cnnc(N(C)C3CCS(=O)(=O)C3)n2)CC1. The van der Waals surface area contributed by atoms with E-state index in [-0.39, 0.29) is 17.5 Å². The molecule has 0 spiro atoms. The second-order valence-corrected chi connectivity index (χ2v) is 8.68. The highest BCUT2D eigenvalue weighted by molar-refractivity contribution is 7.91. The van der Waals surface area contributed by atoms with Crippen molar-refractivity contribution in [3.05, 3.63) is 6.20 Å². The summed E-state index contributed by atoms with van der Waals surface area (Å²) in [5.74, 6) is 2.54. The second kappa shape index (κ2) is 5.98. The molecule has 1 aromatic heterocycles. The fraction of sp³-hybridized carbons (Fsp3) is 0.786. The van der Waals surface area contributed by atoms with Crippen LogP contribution in [0.25, 0.3) is 0 Å². The number of hydrogen-bond donors (Lipinski definition) is 0. The summed E-state index contributed by atoms with van der Waals surface area (Å²) in [4.78, 5) is 8.69. The molecule has 1 unspecified atom stereocenters. The lowest BCUT2D eigenvalue weighted by Gasteiger charge is -2.31. The predicted octanol–water partition coefficient (Wildman–Crippen LogP) is 0.731. The van der Waals surface area contributed by atoms with E-state index in [9.17, 15) is 8.42 Å². The van der Waals surface area contributed by atoms with Gasteiger partial charge in [-0.15, -0.1) is 5.10 Å². The maximum absolute atomic E-state index is 11.6. The monoisotopic (exact) mass is 325 g/mol. The van der Waals surface area contributed by atoms with E-state index in [0.717, 1.165) is 37.7 Å². The van der Waals surface area contributed by atoms with Crippen LogP contribution in [-0.4, -0.2) is 61.3 Å². The topological polar surface area (TPSA) is 79.3 Å². The van der Waals surface area contributed by atoms with Gasteiger partial charge in [-0.2, -0.15) is 10.1 Å². The molecule has 1 atom stereocenters. The molecule has 2 aliphatic rings. The molecule has 0 aliphatic carbocycles. The molecule has 2 fully saturated rings. The van der Waals surface area contributed by atoms with Crippen molar-refractivity contribution in [2.24, 2.45) is 5.92 Å². The van der Waals surface area contributed by atoms with Crippen LogP contribution >= 0.6 is 0 Å². The average molecular weight is 325 g/mol. The van der Waals surface area contributed by atoms with Gasteiger partial charge < -0.3 is 9.80 Å². The lowest BCUT2D eigenvalue weighted by molar-refractivity contribution is 0.436. The summed E-state index contributed by atoms with van der Waals surface area (Å²) in [5.41, 5.74) is 0. The molecule has 0 saturated carbocycles. The first-order chi connectivity index (χ1) is 10.4. The molecular formula is C14H23N5O2S. The normalized spacial score (nSPS) is 25.4. The number of rotatable bonds is 3. The summed E-state index contributed by atoms with van der Waals surface area (Å²) in [7, 11) is -1.06. The zero-order valence-electron chi connectivity index (χ0n) is 13.1. The van der Waals surface area contributed by atoms with Crippen LogP contribution in [-0.2, 0) is 9.84 Å². The van der Waals surface area contributed by atoms with Gasteiger partial charge in [-0.05, 0) is 25.2 Å². The number of anilines is 2. The molecule has 0 amide bonds. The molecule has 0 N–H and O–H groups in total. The highest BCUT2D eigenvalue weighted by Gasteiger charge is 2.32. The lowest BCUT2D eigenvalue weighted by Crippen LogP contribution is -2.36. The number of piperidine rings is 1. The molecule has 3 rings (SSSR count). The minimum atomic E-state index is -2.91. The zero-order chi connectivity index (χ0) is 15.7. The Labute approximate surface area is 131 Å². The Balaban J connectivity index is 1.73. The molecular weight excluding hydrogens is 302 g/mol. The average Bonchev–Trinajstić information content (AvgIpc) is 2.87. The van der Waals surface area contributed by atoms with Gasteiger partial charge in [0.15, 0.2) is 15.7 Å². The van der Waals surface area contributed by atoms with E-state index in [0.29, 0.717) is 12.4 Å². The van der Waals surface area contributed by atoms with E-state index < -0.39 is 9.84 Å². The van der Waals surface area contributed by atoms with E-state index in [1.165, 1.54) is 0 Å². The predicted molar refractivity (Wildman–Crippen MR) is 85.9 cm³/mol. The van der Waals surface area contributed by atoms with Gasteiger partial charge in [0, 0.05) is 26.2 Å². The Bertz CT molecular complexity index is 628. The minimum absolute atomic E-state index is 0.0524. The van der Waals surface area contributed by atoms with Crippen molar-refractivity contribution >= 4 is 21.6 Å². The third-order valence-corrected chi connectivity index (χ3v) is 6.46. The van der Waals surface area contributed by atoms with Crippen molar-refractivity contribution < 1.29 is 8.42 Å². The molecule has 0 bridgehead atoms. The molecule has 0 radical (unpaired) electrons. The Morgan fingerprint density at radius 1 is 1.27 bits per heavy atom. The largest absolute Gasteiger partial charge is 0.355 e. The smallest absolute Gasteiger partial charge is 0.247 e. The van der Waals surface area contributed by atoms with Crippen molar-refractivity contribution in [1.29, 1.82) is 0 Å². The van der Waals surface area contributed by atoms with Gasteiger partial charge >= 0.3 is 0 Å². The maximum atomic E-state index is 11.6. The van der Waals surface area contributed by atoms with Crippen LogP contribution in [0.3, 0.4) is 0 Å². The van der Waals surface area contributed by atoms with Crippen molar-refractivity contribution in [2.45, 2.75) is 32.2 Å². The quantitative estimate of drug-likeness (QED) is 0.810. The van der Waals surface area contributed by atoms with E-state index >= 15 is 0 Å². The Morgan fingerprint density at radius 2 is 2.00 bits per heavy atom. The third-order valence-electron chi connectivity index (χ3n) is 4.71. The number of nitrogens with zero attached hydrogens (tertiary/aromatic N) is 5. The summed E-state index contributed by atoms with van der Waals surface area (Å²) in [6.45, 7) is 4.25. The van der Waals surface area contributed by atoms with Crippen molar-refractivity contribution in [3.8, 4) is 0 Å². The van der Waals surface area contributed by atoms with Crippen LogP contribution in [0.4, 0.5) is 11.8 Å². The molecule has 7 nitrogen and oxygen atoms in total. The van der Waals surface area contributed by atoms with E-state index in [1.807, 2.05) is 11.9 Å². The molecule has 0 aromatic carbocycles. The van der Waals surface area contributed by atoms with Crippen LogP contribution in [0.1, 0.15) is 26.2 Å². The van der Waals surface area contributed by atoms with E-state index in [1.54, 1.807) is 6.20 Å². The molecule has 122 valence electrons. The van der Waals surface area contributed by atoms with Gasteiger partial charge in [-0.3, -0.25) is 0 Å². The molecule has 3 heterocycles. The second-order valence-electron chi connectivity index (χ2n) is 6.45. The Hall–Kier alpha value is -1.44. The van der Waals surface area contributed by atoms with Gasteiger partial charge in [0.05, 0.1) is 17.7 Å². The van der Waals surface area contributed by atoms with Crippen molar-refractivity contribution in [2.75, 3.05) is 41.4 Å². The van der Waals surface area contributed by atoms with E-state index in [4.69, 9.17) is 0 Å². The Morgan fingerprint density at radius 3 is 2.64 bits per heavy atom. The number of hydrogen-bond acceptors (Lipinski definition) is 7. The lowest BCUT2D eigenvalue weighted by atomic mass is 9.99. The standard InChI is InChI=1S/C14H23N5O2S/c1-11-3-6-19(7-4-11)13-9-15-17-14(16-13)18(2)12-5-8-22(20,21)10-12/h9,11-12H,3-8,10H2,1-2H3. The number of aromatic nitrogens is 3. The molecule has 22 heavy (non-hydrogen) atoms. The van der Waals surface area contributed by atoms with Gasteiger partial charge in [0.25, 0.3) is 0 Å². The maximum Gasteiger partial charge on any atom is 0.247 e. The van der Waals surface area contributed by atoms with Gasteiger partial charge in [0.1, 0.15) is 0 Å². The minimum Gasteiger partial charge on any atom is -0.355 e. The van der Waals surface area contributed by atoms with Crippen LogP contribution < -0.4 is 9.80 Å². The highest BCUT2D eigenvalue weighted by atomic mass is 32.2. The molecule has 2 aliphatic heterocycles. The van der Waals surface area contributed by atoms with Crippen LogP contribution in [0.15, 0.2) is 6.20 Å². The third kappa shape index (κ3) is 3.31. The molecule has 8 heteroatoms. The van der Waals surface area contributed by atoms with Crippen LogP contribution in [0, 0.1) is 5.92 Å². The van der Waals surface area contributed by atoms with Crippen molar-refractivity contribution in [3.63, 3.8) is 0 Å². The van der Waals surface area contributed by atoms with Gasteiger partial charge in [-0.25, -0.2) is 8.42 Å². The van der Waals surface area contributed by atoms with Crippen LogP contribution in [0.2, 0.25) is 0 Å². The molecule has 1 aromatic rings. The summed E-state index contributed by atoms with van der Waals surface area (Å²) in [6.07, 6.45) is 4.65. The van der Waals surface area contributed by atoms with E-state index in [2.05, 4.69) is 27.0 Å². The first-order valence-corrected chi connectivity index (χ1v) is 9.65. The molecule has 2 saturated heterocycles. The van der Waals surface area contributed by atoms with Crippen molar-refractivity contribution in [1.82, 2.24) is 15.2 Å². The number of sulfone groups is 1. The Kier molecular flexibility index (Phi) is 4.20. The summed E-state index contributed by atoms with van der Waals surface area (Å²) in [6, 6.07) is -0.0524. The van der Waals surface area contributed by atoms with Gasteiger partial charge in [0.2, 0.25) is 5.95 Å². The van der Waals surface area contributed by atoms with Gasteiger partial charge in [-0.1, -0.05) is 6.92 Å². The summed E-state index contributed by atoms with van der Waals surface area (Å²) < 4.78 is 23.3. The fourth-order valence-corrected chi connectivity index (χ4v) is 4.84. The summed E-state index contributed by atoms with van der Waals surface area (Å²) >= 11 is 0. The first-order valence-electron chi connectivity index (χ1n) is 7.82. The first kappa shape index (κ1) is 15.5. The fourth-order valence-electron chi connectivity index (χ4n) is 3.07. The summed E-state index contributed by atoms with van der Waals surface area (Å²) in [5, 5.41) is 8.15. The zero-order valence-corrected chi connectivity index (χ0v) is 14.0. The van der Waals surface area contributed by atoms with Crippen LogP contribution in [0.5, 0.6) is 0 Å².